The lowest BCUT2D eigenvalue weighted by atomic mass is 10.4. The molecule has 1 atom stereocenters. The van der Waals surface area contributed by atoms with Gasteiger partial charge in [-0.3, -0.25) is 4.68 Å². The van der Waals surface area contributed by atoms with Crippen LogP contribution in [0.15, 0.2) is 16.9 Å². The van der Waals surface area contributed by atoms with Crippen molar-refractivity contribution in [3.05, 3.63) is 24.1 Å². The van der Waals surface area contributed by atoms with E-state index in [0.717, 1.165) is 6.54 Å². The quantitative estimate of drug-likeness (QED) is 0.776. The summed E-state index contributed by atoms with van der Waals surface area (Å²) in [6.07, 6.45) is 3.28. The molecule has 0 N–H and O–H groups in total. The fourth-order valence-corrected chi connectivity index (χ4v) is 1.33. The molecule has 0 aliphatic carbocycles. The third-order valence-corrected chi connectivity index (χ3v) is 2.50. The topological polar surface area (TPSA) is 75.2 Å². The molecule has 7 heteroatoms. The molecule has 7 nitrogen and oxygen atoms in total. The van der Waals surface area contributed by atoms with Gasteiger partial charge in [0, 0.05) is 13.7 Å². The van der Waals surface area contributed by atoms with Crippen LogP contribution in [0.25, 0.3) is 0 Å². The van der Waals surface area contributed by atoms with Crippen molar-refractivity contribution >= 4 is 0 Å². The van der Waals surface area contributed by atoms with Gasteiger partial charge in [-0.1, -0.05) is 5.16 Å². The molecule has 98 valence electrons. The number of ether oxygens (including phenoxy) is 2. The highest BCUT2D eigenvalue weighted by atomic mass is 16.5. The average molecular weight is 252 g/mol. The number of hydrogen-bond donors (Lipinski definition) is 0. The number of aromatic nitrogens is 4. The van der Waals surface area contributed by atoms with Gasteiger partial charge in [-0.05, 0) is 13.8 Å². The van der Waals surface area contributed by atoms with Crippen LogP contribution < -0.4 is 4.74 Å². The van der Waals surface area contributed by atoms with Gasteiger partial charge in [0.05, 0.1) is 12.4 Å². The molecule has 2 aromatic heterocycles. The van der Waals surface area contributed by atoms with E-state index in [2.05, 4.69) is 15.2 Å². The molecule has 0 aliphatic rings. The van der Waals surface area contributed by atoms with Crippen molar-refractivity contribution in [2.45, 2.75) is 33.1 Å². The Kier molecular flexibility index (Phi) is 3.93. The highest BCUT2D eigenvalue weighted by Crippen LogP contribution is 2.14. The summed E-state index contributed by atoms with van der Waals surface area (Å²) in [7, 11) is 1.59. The first-order chi connectivity index (χ1) is 8.72. The fraction of sp³-hybridized carbons (Fsp3) is 0.545. The van der Waals surface area contributed by atoms with Crippen LogP contribution in [-0.2, 0) is 17.9 Å². The molecule has 0 bridgehead atoms. The Morgan fingerprint density at radius 1 is 1.50 bits per heavy atom. The molecule has 2 rings (SSSR count). The molecule has 0 saturated carbocycles. The van der Waals surface area contributed by atoms with Gasteiger partial charge < -0.3 is 14.0 Å². The van der Waals surface area contributed by atoms with Crippen molar-refractivity contribution in [1.29, 1.82) is 0 Å². The highest BCUT2D eigenvalue weighted by molar-refractivity contribution is 5.11. The van der Waals surface area contributed by atoms with Crippen molar-refractivity contribution in [2.24, 2.45) is 0 Å². The summed E-state index contributed by atoms with van der Waals surface area (Å²) in [5.74, 6) is 1.61. The van der Waals surface area contributed by atoms with E-state index in [4.69, 9.17) is 14.0 Å². The van der Waals surface area contributed by atoms with Gasteiger partial charge in [0.25, 0.3) is 5.89 Å². The fourth-order valence-electron chi connectivity index (χ4n) is 1.33. The van der Waals surface area contributed by atoms with E-state index in [1.54, 1.807) is 18.0 Å². The molecular formula is C11H16N4O3. The van der Waals surface area contributed by atoms with Crippen LogP contribution in [0.3, 0.4) is 0 Å². The van der Waals surface area contributed by atoms with Crippen molar-refractivity contribution in [3.63, 3.8) is 0 Å². The molecule has 0 amide bonds. The molecule has 0 aromatic carbocycles. The molecule has 1 unspecified atom stereocenters. The highest BCUT2D eigenvalue weighted by Gasteiger charge is 2.13. The zero-order valence-electron chi connectivity index (χ0n) is 10.7. The number of aryl methyl sites for hydroxylation is 1. The maximum atomic E-state index is 5.48. The number of nitrogens with zero attached hydrogens (tertiary/aromatic N) is 4. The van der Waals surface area contributed by atoms with E-state index in [1.165, 1.54) is 0 Å². The van der Waals surface area contributed by atoms with E-state index in [9.17, 15) is 0 Å². The lowest BCUT2D eigenvalue weighted by molar-refractivity contribution is 0.109. The summed E-state index contributed by atoms with van der Waals surface area (Å²) in [4.78, 5) is 4.17. The Balaban J connectivity index is 1.91. The van der Waals surface area contributed by atoms with Crippen molar-refractivity contribution < 1.29 is 14.0 Å². The van der Waals surface area contributed by atoms with E-state index in [0.29, 0.717) is 17.5 Å². The predicted octanol–water partition coefficient (Wildman–Crippen LogP) is 1.57. The van der Waals surface area contributed by atoms with Crippen molar-refractivity contribution in [2.75, 3.05) is 7.11 Å². The van der Waals surface area contributed by atoms with Crippen LogP contribution in [0.1, 0.15) is 31.7 Å². The molecule has 2 heterocycles. The second kappa shape index (κ2) is 5.63. The van der Waals surface area contributed by atoms with Crippen molar-refractivity contribution in [3.8, 4) is 5.75 Å². The van der Waals surface area contributed by atoms with Gasteiger partial charge in [0.15, 0.2) is 18.2 Å². The maximum Gasteiger partial charge on any atom is 0.264 e. The Morgan fingerprint density at radius 3 is 3.00 bits per heavy atom. The standard InChI is InChI=1S/C11H16N4O3/c1-4-15-6-9(5-12-15)17-7-10-13-11(14-18-10)8(2)16-3/h5-6,8H,4,7H2,1-3H3. The van der Waals surface area contributed by atoms with Crippen LogP contribution >= 0.6 is 0 Å². The number of methoxy groups -OCH3 is 1. The number of hydrogen-bond acceptors (Lipinski definition) is 6. The monoisotopic (exact) mass is 252 g/mol. The van der Waals surface area contributed by atoms with Crippen LogP contribution in [-0.4, -0.2) is 27.0 Å². The molecular weight excluding hydrogens is 236 g/mol. The zero-order chi connectivity index (χ0) is 13.0. The van der Waals surface area contributed by atoms with Gasteiger partial charge in [-0.25, -0.2) is 0 Å². The van der Waals surface area contributed by atoms with Crippen LogP contribution in [0.4, 0.5) is 0 Å². The van der Waals surface area contributed by atoms with Gasteiger partial charge in [0.1, 0.15) is 6.10 Å². The lowest BCUT2D eigenvalue weighted by Crippen LogP contribution is -1.99. The largest absolute Gasteiger partial charge is 0.480 e. The Morgan fingerprint density at radius 2 is 2.33 bits per heavy atom. The smallest absolute Gasteiger partial charge is 0.264 e. The van der Waals surface area contributed by atoms with E-state index < -0.39 is 0 Å². The van der Waals surface area contributed by atoms with Gasteiger partial charge >= 0.3 is 0 Å². The summed E-state index contributed by atoms with van der Waals surface area (Å²) < 4.78 is 17.4. The van der Waals surface area contributed by atoms with Gasteiger partial charge in [-0.15, -0.1) is 0 Å². The molecule has 0 aliphatic heterocycles. The second-order valence-corrected chi connectivity index (χ2v) is 3.74. The second-order valence-electron chi connectivity index (χ2n) is 3.74. The molecule has 0 saturated heterocycles. The van der Waals surface area contributed by atoms with E-state index >= 15 is 0 Å². The molecule has 0 spiro atoms. The molecule has 0 radical (unpaired) electrons. The van der Waals surface area contributed by atoms with Crippen LogP contribution in [0, 0.1) is 0 Å². The van der Waals surface area contributed by atoms with Gasteiger partial charge in [-0.2, -0.15) is 10.1 Å². The summed E-state index contributed by atoms with van der Waals surface area (Å²) in [6, 6.07) is 0. The summed E-state index contributed by atoms with van der Waals surface area (Å²) >= 11 is 0. The first-order valence-electron chi connectivity index (χ1n) is 5.73. The first kappa shape index (κ1) is 12.6. The minimum atomic E-state index is -0.189. The summed E-state index contributed by atoms with van der Waals surface area (Å²) in [5.41, 5.74) is 0. The van der Waals surface area contributed by atoms with E-state index in [1.807, 2.05) is 20.0 Å². The predicted molar refractivity (Wildman–Crippen MR) is 62.0 cm³/mol. The molecule has 2 aromatic rings. The minimum Gasteiger partial charge on any atom is -0.480 e. The maximum absolute atomic E-state index is 5.48. The van der Waals surface area contributed by atoms with Gasteiger partial charge in [0.2, 0.25) is 0 Å². The SMILES string of the molecule is CCn1cc(OCc2nc(C(C)OC)no2)cn1. The van der Waals surface area contributed by atoms with E-state index in [-0.39, 0.29) is 12.7 Å². The van der Waals surface area contributed by atoms with Crippen LogP contribution in [0.5, 0.6) is 5.75 Å². The lowest BCUT2D eigenvalue weighted by Gasteiger charge is -2.01. The van der Waals surface area contributed by atoms with Crippen molar-refractivity contribution in [1.82, 2.24) is 19.9 Å². The molecule has 18 heavy (non-hydrogen) atoms. The normalized spacial score (nSPS) is 12.6. The third kappa shape index (κ3) is 2.86. The first-order valence-corrected chi connectivity index (χ1v) is 5.73. The number of rotatable bonds is 6. The third-order valence-electron chi connectivity index (χ3n) is 2.50. The van der Waals surface area contributed by atoms with Crippen LogP contribution in [0.2, 0.25) is 0 Å². The molecule has 0 fully saturated rings. The summed E-state index contributed by atoms with van der Waals surface area (Å²) in [5, 5.41) is 7.91. The average Bonchev–Trinajstić information content (AvgIpc) is 3.04. The Bertz CT molecular complexity index is 494. The Labute approximate surface area is 105 Å². The zero-order valence-corrected chi connectivity index (χ0v) is 10.7. The minimum absolute atomic E-state index is 0.189. The Hall–Kier alpha value is -1.89. The summed E-state index contributed by atoms with van der Waals surface area (Å²) in [6.45, 7) is 4.88.